The molecule has 0 saturated heterocycles. The third kappa shape index (κ3) is 7.30. The molecule has 9 heteroatoms. The fourth-order valence-corrected chi connectivity index (χ4v) is 5.08. The molecule has 3 aromatic rings. The first kappa shape index (κ1) is 29.3. The molecule has 41 heavy (non-hydrogen) atoms. The molecule has 4 N–H and O–H groups in total. The lowest BCUT2D eigenvalue weighted by atomic mass is 9.97. The zero-order valence-electron chi connectivity index (χ0n) is 23.1. The number of hydrogen-bond acceptors (Lipinski definition) is 5. The predicted octanol–water partition coefficient (Wildman–Crippen LogP) is 3.87. The number of carboxylic acid groups (broad SMARTS) is 1. The first-order valence-corrected chi connectivity index (χ1v) is 13.7. The van der Waals surface area contributed by atoms with E-state index in [-0.39, 0.29) is 24.9 Å². The Morgan fingerprint density at radius 3 is 2.00 bits per heavy atom. The fraction of sp³-hybridized carbons (Fsp3) is 0.312. The molecule has 0 radical (unpaired) electrons. The maximum Gasteiger partial charge on any atom is 0.407 e. The highest BCUT2D eigenvalue weighted by Crippen LogP contribution is 2.44. The molecule has 1 aliphatic carbocycles. The lowest BCUT2D eigenvalue weighted by molar-refractivity contribution is -0.138. The number of hydrogen-bond donors (Lipinski definition) is 4. The van der Waals surface area contributed by atoms with Gasteiger partial charge in [0.05, 0.1) is 0 Å². The van der Waals surface area contributed by atoms with E-state index in [1.54, 1.807) is 0 Å². The van der Waals surface area contributed by atoms with Gasteiger partial charge in [-0.1, -0.05) is 99.1 Å². The molecular formula is C32H35N3O6. The van der Waals surface area contributed by atoms with Crippen molar-refractivity contribution in [2.24, 2.45) is 5.92 Å². The Balaban J connectivity index is 1.44. The van der Waals surface area contributed by atoms with Crippen molar-refractivity contribution in [2.75, 3.05) is 13.2 Å². The van der Waals surface area contributed by atoms with Crippen molar-refractivity contribution in [1.82, 2.24) is 16.0 Å². The summed E-state index contributed by atoms with van der Waals surface area (Å²) in [5.74, 6) is -2.78. The van der Waals surface area contributed by atoms with Crippen LogP contribution in [0.4, 0.5) is 4.79 Å². The summed E-state index contributed by atoms with van der Waals surface area (Å²) in [5.41, 5.74) is 5.16. The van der Waals surface area contributed by atoms with Gasteiger partial charge in [-0.25, -0.2) is 4.79 Å². The van der Waals surface area contributed by atoms with Crippen LogP contribution in [0, 0.1) is 5.92 Å². The van der Waals surface area contributed by atoms with E-state index >= 15 is 0 Å². The van der Waals surface area contributed by atoms with Crippen LogP contribution in [0.15, 0.2) is 78.9 Å². The van der Waals surface area contributed by atoms with Gasteiger partial charge in [-0.15, -0.1) is 0 Å². The summed E-state index contributed by atoms with van der Waals surface area (Å²) < 4.78 is 5.65. The molecule has 0 heterocycles. The highest BCUT2D eigenvalue weighted by Gasteiger charge is 2.32. The van der Waals surface area contributed by atoms with Gasteiger partial charge in [-0.3, -0.25) is 14.4 Å². The summed E-state index contributed by atoms with van der Waals surface area (Å²) in [4.78, 5) is 50.2. The molecule has 0 spiro atoms. The monoisotopic (exact) mass is 557 g/mol. The molecule has 3 amide bonds. The Bertz CT molecular complexity index is 1350. The molecular weight excluding hydrogens is 522 g/mol. The summed E-state index contributed by atoms with van der Waals surface area (Å²) >= 11 is 0. The van der Waals surface area contributed by atoms with Crippen molar-refractivity contribution in [1.29, 1.82) is 0 Å². The minimum atomic E-state index is -1.20. The van der Waals surface area contributed by atoms with Gasteiger partial charge >= 0.3 is 12.1 Å². The summed E-state index contributed by atoms with van der Waals surface area (Å²) in [6, 6.07) is 23.1. The maximum atomic E-state index is 13.4. The highest BCUT2D eigenvalue weighted by molar-refractivity contribution is 5.92. The number of aliphatic carboxylic acids is 1. The minimum absolute atomic E-state index is 0.100. The van der Waals surface area contributed by atoms with Crippen LogP contribution in [0.3, 0.4) is 0 Å². The van der Waals surface area contributed by atoms with Crippen LogP contribution in [0.5, 0.6) is 0 Å². The first-order valence-electron chi connectivity index (χ1n) is 13.7. The zero-order chi connectivity index (χ0) is 29.4. The van der Waals surface area contributed by atoms with E-state index in [0.29, 0.717) is 6.42 Å². The number of benzene rings is 3. The molecule has 0 saturated carbocycles. The first-order chi connectivity index (χ1) is 19.8. The Morgan fingerprint density at radius 2 is 1.41 bits per heavy atom. The van der Waals surface area contributed by atoms with Gasteiger partial charge < -0.3 is 25.8 Å². The van der Waals surface area contributed by atoms with E-state index in [0.717, 1.165) is 27.8 Å². The van der Waals surface area contributed by atoms with Crippen molar-refractivity contribution >= 4 is 23.9 Å². The van der Waals surface area contributed by atoms with Gasteiger partial charge in [0.15, 0.2) is 0 Å². The normalized spacial score (nSPS) is 14.1. The Kier molecular flexibility index (Phi) is 9.73. The second kappa shape index (κ2) is 13.6. The molecule has 0 aliphatic heterocycles. The lowest BCUT2D eigenvalue weighted by Crippen LogP contribution is -2.56. The van der Waals surface area contributed by atoms with Crippen LogP contribution in [0.2, 0.25) is 0 Å². The van der Waals surface area contributed by atoms with Gasteiger partial charge in [-0.05, 0) is 33.7 Å². The summed E-state index contributed by atoms with van der Waals surface area (Å²) in [7, 11) is 0. The van der Waals surface area contributed by atoms with Crippen molar-refractivity contribution in [3.63, 3.8) is 0 Å². The molecule has 3 aromatic carbocycles. The van der Waals surface area contributed by atoms with Crippen molar-refractivity contribution < 1.29 is 29.0 Å². The van der Waals surface area contributed by atoms with Gasteiger partial charge in [0.25, 0.3) is 0 Å². The third-order valence-electron chi connectivity index (χ3n) is 7.44. The number of carboxylic acids is 1. The molecule has 214 valence electrons. The zero-order valence-corrected chi connectivity index (χ0v) is 23.1. The van der Waals surface area contributed by atoms with E-state index < -0.39 is 42.5 Å². The van der Waals surface area contributed by atoms with E-state index in [4.69, 9.17) is 9.84 Å². The van der Waals surface area contributed by atoms with Crippen LogP contribution in [-0.4, -0.2) is 54.2 Å². The molecule has 9 nitrogen and oxygen atoms in total. The van der Waals surface area contributed by atoms with Crippen LogP contribution >= 0.6 is 0 Å². The minimum Gasteiger partial charge on any atom is -0.480 e. The Labute approximate surface area is 239 Å². The largest absolute Gasteiger partial charge is 0.480 e. The average Bonchev–Trinajstić information content (AvgIpc) is 3.30. The number of rotatable bonds is 12. The van der Waals surface area contributed by atoms with Gasteiger partial charge in [0.1, 0.15) is 25.2 Å². The van der Waals surface area contributed by atoms with Crippen molar-refractivity contribution in [3.05, 3.63) is 95.6 Å². The molecule has 0 bridgehead atoms. The molecule has 1 aliphatic rings. The molecule has 0 unspecified atom stereocenters. The average molecular weight is 558 g/mol. The van der Waals surface area contributed by atoms with Crippen LogP contribution in [0.25, 0.3) is 11.1 Å². The van der Waals surface area contributed by atoms with E-state index in [2.05, 4.69) is 28.1 Å². The quantitative estimate of drug-likeness (QED) is 0.267. The van der Waals surface area contributed by atoms with Crippen LogP contribution in [-0.2, 0) is 25.5 Å². The maximum absolute atomic E-state index is 13.4. The number of amides is 3. The second-order valence-corrected chi connectivity index (χ2v) is 10.2. The third-order valence-corrected chi connectivity index (χ3v) is 7.44. The van der Waals surface area contributed by atoms with Crippen LogP contribution in [0.1, 0.15) is 42.9 Å². The van der Waals surface area contributed by atoms with Gasteiger partial charge in [0.2, 0.25) is 11.8 Å². The lowest BCUT2D eigenvalue weighted by Gasteiger charge is -2.26. The summed E-state index contributed by atoms with van der Waals surface area (Å²) in [6.07, 6.45) is -0.00535. The van der Waals surface area contributed by atoms with E-state index in [1.807, 2.05) is 80.6 Å². The number of carbonyl (C=O) groups excluding carboxylic acids is 3. The molecule has 4 rings (SSSR count). The fourth-order valence-electron chi connectivity index (χ4n) is 5.08. The SMILES string of the molecule is CC[C@H](C)[C@H](NC(=O)OCC1c2ccccc2-c2ccccc21)C(=O)N[C@@H](Cc1ccccc1)C(=O)NCC(=O)O. The molecule has 0 fully saturated rings. The second-order valence-electron chi connectivity index (χ2n) is 10.2. The van der Waals surface area contributed by atoms with Gasteiger partial charge in [0, 0.05) is 12.3 Å². The summed E-state index contributed by atoms with van der Waals surface area (Å²) in [6.45, 7) is 3.24. The number of nitrogens with one attached hydrogen (secondary N) is 3. The van der Waals surface area contributed by atoms with Crippen molar-refractivity contribution in [3.8, 4) is 11.1 Å². The molecule has 3 atom stereocenters. The van der Waals surface area contributed by atoms with Crippen LogP contribution < -0.4 is 16.0 Å². The highest BCUT2D eigenvalue weighted by atomic mass is 16.5. The number of carbonyl (C=O) groups is 4. The summed E-state index contributed by atoms with van der Waals surface area (Å²) in [5, 5.41) is 16.7. The van der Waals surface area contributed by atoms with E-state index in [1.165, 1.54) is 0 Å². The van der Waals surface area contributed by atoms with E-state index in [9.17, 15) is 19.2 Å². The molecule has 0 aromatic heterocycles. The smallest absolute Gasteiger partial charge is 0.407 e. The topological polar surface area (TPSA) is 134 Å². The Hall–Kier alpha value is -4.66. The van der Waals surface area contributed by atoms with Gasteiger partial charge in [-0.2, -0.15) is 0 Å². The number of fused-ring (bicyclic) bond motifs is 3. The predicted molar refractivity (Wildman–Crippen MR) is 154 cm³/mol. The van der Waals surface area contributed by atoms with Crippen molar-refractivity contribution in [2.45, 2.75) is 44.7 Å². The number of ether oxygens (including phenoxy) is 1. The Morgan fingerprint density at radius 1 is 0.829 bits per heavy atom. The number of alkyl carbamates (subject to hydrolysis) is 1. The standard InChI is InChI=1S/C32H35N3O6/c1-3-20(2)29(31(39)34-27(30(38)33-18-28(36)37)17-21-11-5-4-6-12-21)35-32(40)41-19-26-24-15-9-7-13-22(24)23-14-8-10-16-25(23)26/h4-16,20,26-27,29H,3,17-19H2,1-2H3,(H,33,38)(H,34,39)(H,35,40)(H,36,37)/t20-,27-,29-/m0/s1.